The van der Waals surface area contributed by atoms with Gasteiger partial charge in [0.15, 0.2) is 0 Å². The molecule has 4 rings (SSSR count). The number of benzene rings is 2. The Balaban J connectivity index is 1.40. The molecule has 0 spiro atoms. The number of hydrogen-bond donors (Lipinski definition) is 0. The number of aryl methyl sites for hydroxylation is 1. The molecule has 1 saturated heterocycles. The molecule has 2 bridgehead atoms. The molecule has 2 aliphatic heterocycles. The first kappa shape index (κ1) is 18.3. The zero-order valence-corrected chi connectivity index (χ0v) is 15.3. The second-order valence-corrected chi connectivity index (χ2v) is 7.68. The summed E-state index contributed by atoms with van der Waals surface area (Å²) in [6.07, 6.45) is 3.08. The molecular weight excluding hydrogens is 347 g/mol. The standard InChI is InChI=1S/C23H24F3N/c24-23(25,26)20-8-4-7-17(13-20)9-10-19-14-21-11-12-22(15-19)27(21)16-18-5-2-1-3-6-18/h1-8,13-14,21-22H,9-12,15-16H2. The molecular formula is C23H24F3N. The van der Waals surface area contributed by atoms with Crippen LogP contribution in [0.5, 0.6) is 0 Å². The number of nitrogens with zero attached hydrogens (tertiary/aromatic N) is 1. The summed E-state index contributed by atoms with van der Waals surface area (Å²) >= 11 is 0. The van der Waals surface area contributed by atoms with Crippen LogP contribution < -0.4 is 0 Å². The Hall–Kier alpha value is -2.07. The van der Waals surface area contributed by atoms with Crippen molar-refractivity contribution in [3.05, 3.63) is 82.9 Å². The van der Waals surface area contributed by atoms with Crippen molar-refractivity contribution >= 4 is 0 Å². The monoisotopic (exact) mass is 371 g/mol. The third kappa shape index (κ3) is 4.27. The number of alkyl halides is 3. The van der Waals surface area contributed by atoms with Crippen LogP contribution in [-0.2, 0) is 19.1 Å². The molecule has 0 aliphatic carbocycles. The fourth-order valence-electron chi connectivity index (χ4n) is 4.44. The van der Waals surface area contributed by atoms with E-state index in [0.717, 1.165) is 31.0 Å². The lowest BCUT2D eigenvalue weighted by atomic mass is 9.94. The zero-order chi connectivity index (χ0) is 18.9. The highest BCUT2D eigenvalue weighted by Gasteiger charge is 2.36. The first-order valence-corrected chi connectivity index (χ1v) is 9.64. The van der Waals surface area contributed by atoms with Crippen LogP contribution >= 0.6 is 0 Å². The van der Waals surface area contributed by atoms with Crippen LogP contribution in [0, 0.1) is 0 Å². The van der Waals surface area contributed by atoms with E-state index in [4.69, 9.17) is 0 Å². The summed E-state index contributed by atoms with van der Waals surface area (Å²) in [5.74, 6) is 0. The summed E-state index contributed by atoms with van der Waals surface area (Å²) in [4.78, 5) is 2.59. The molecule has 2 atom stereocenters. The summed E-state index contributed by atoms with van der Waals surface area (Å²) in [7, 11) is 0. The summed E-state index contributed by atoms with van der Waals surface area (Å²) in [5, 5.41) is 0. The van der Waals surface area contributed by atoms with Gasteiger partial charge in [-0.3, -0.25) is 4.90 Å². The number of rotatable bonds is 5. The van der Waals surface area contributed by atoms with E-state index in [2.05, 4.69) is 35.2 Å². The van der Waals surface area contributed by atoms with E-state index in [1.807, 2.05) is 6.07 Å². The highest BCUT2D eigenvalue weighted by molar-refractivity contribution is 5.27. The van der Waals surface area contributed by atoms with E-state index in [0.29, 0.717) is 18.5 Å². The minimum atomic E-state index is -4.27. The molecule has 0 N–H and O–H groups in total. The fourth-order valence-corrected chi connectivity index (χ4v) is 4.44. The fraction of sp³-hybridized carbons (Fsp3) is 0.391. The van der Waals surface area contributed by atoms with Gasteiger partial charge in [-0.25, -0.2) is 0 Å². The Labute approximate surface area is 158 Å². The number of fused-ring (bicyclic) bond motifs is 2. The van der Waals surface area contributed by atoms with Gasteiger partial charge in [-0.05, 0) is 49.3 Å². The first-order valence-electron chi connectivity index (χ1n) is 9.64. The van der Waals surface area contributed by atoms with Crippen molar-refractivity contribution in [3.63, 3.8) is 0 Å². The van der Waals surface area contributed by atoms with Gasteiger partial charge in [-0.15, -0.1) is 0 Å². The van der Waals surface area contributed by atoms with Crippen LogP contribution in [-0.4, -0.2) is 17.0 Å². The van der Waals surface area contributed by atoms with Crippen molar-refractivity contribution in [2.45, 2.75) is 56.9 Å². The van der Waals surface area contributed by atoms with Gasteiger partial charge in [-0.1, -0.05) is 60.2 Å². The SMILES string of the molecule is FC(F)(F)c1cccc(CCC2=CC3CCC(C2)N3Cc2ccccc2)c1. The van der Waals surface area contributed by atoms with Crippen LogP contribution in [0.4, 0.5) is 13.2 Å². The molecule has 1 fully saturated rings. The Morgan fingerprint density at radius 3 is 2.41 bits per heavy atom. The van der Waals surface area contributed by atoms with Gasteiger partial charge >= 0.3 is 6.18 Å². The summed E-state index contributed by atoms with van der Waals surface area (Å²) < 4.78 is 38.6. The van der Waals surface area contributed by atoms with Crippen LogP contribution in [0.15, 0.2) is 66.2 Å². The maximum Gasteiger partial charge on any atom is 0.416 e. The molecule has 2 aromatic rings. The van der Waals surface area contributed by atoms with Gasteiger partial charge < -0.3 is 0 Å². The Morgan fingerprint density at radius 2 is 1.67 bits per heavy atom. The van der Waals surface area contributed by atoms with E-state index in [9.17, 15) is 13.2 Å². The molecule has 2 aliphatic rings. The first-order chi connectivity index (χ1) is 13.0. The van der Waals surface area contributed by atoms with E-state index in [-0.39, 0.29) is 0 Å². The quantitative estimate of drug-likeness (QED) is 0.583. The molecule has 0 radical (unpaired) electrons. The topological polar surface area (TPSA) is 3.24 Å². The van der Waals surface area contributed by atoms with E-state index in [1.165, 1.54) is 36.1 Å². The molecule has 0 amide bonds. The largest absolute Gasteiger partial charge is 0.416 e. The maximum atomic E-state index is 12.9. The van der Waals surface area contributed by atoms with E-state index in [1.54, 1.807) is 6.07 Å². The lowest BCUT2D eigenvalue weighted by Gasteiger charge is -2.34. The Bertz CT molecular complexity index is 810. The summed E-state index contributed by atoms with van der Waals surface area (Å²) in [6, 6.07) is 17.3. The molecule has 4 heteroatoms. The minimum Gasteiger partial charge on any atom is -0.289 e. The third-order valence-corrected chi connectivity index (χ3v) is 5.81. The van der Waals surface area contributed by atoms with Gasteiger partial charge in [0, 0.05) is 18.6 Å². The summed E-state index contributed by atoms with van der Waals surface area (Å²) in [6.45, 7) is 0.980. The maximum absolute atomic E-state index is 12.9. The summed E-state index contributed by atoms with van der Waals surface area (Å²) in [5.41, 5.74) is 2.97. The van der Waals surface area contributed by atoms with Crippen LogP contribution in [0.1, 0.15) is 42.4 Å². The number of halogens is 3. The van der Waals surface area contributed by atoms with Gasteiger partial charge in [0.25, 0.3) is 0 Å². The lowest BCUT2D eigenvalue weighted by molar-refractivity contribution is -0.137. The molecule has 2 unspecified atom stereocenters. The molecule has 1 nitrogen and oxygen atoms in total. The molecule has 0 aromatic heterocycles. The van der Waals surface area contributed by atoms with E-state index < -0.39 is 11.7 Å². The average Bonchev–Trinajstić information content (AvgIpc) is 2.89. The van der Waals surface area contributed by atoms with Crippen LogP contribution in [0.25, 0.3) is 0 Å². The van der Waals surface area contributed by atoms with Gasteiger partial charge in [-0.2, -0.15) is 13.2 Å². The van der Waals surface area contributed by atoms with Crippen molar-refractivity contribution < 1.29 is 13.2 Å². The van der Waals surface area contributed by atoms with Gasteiger partial charge in [0.1, 0.15) is 0 Å². The second kappa shape index (κ2) is 7.51. The molecule has 2 heterocycles. The van der Waals surface area contributed by atoms with Crippen molar-refractivity contribution in [1.29, 1.82) is 0 Å². The lowest BCUT2D eigenvalue weighted by Crippen LogP contribution is -2.38. The van der Waals surface area contributed by atoms with Crippen molar-refractivity contribution in [2.75, 3.05) is 0 Å². The highest BCUT2D eigenvalue weighted by Crippen LogP contribution is 2.37. The molecule has 142 valence electrons. The predicted molar refractivity (Wildman–Crippen MR) is 101 cm³/mol. The van der Waals surface area contributed by atoms with Crippen LogP contribution in [0.2, 0.25) is 0 Å². The predicted octanol–water partition coefficient (Wildman–Crippen LogP) is 6.00. The Morgan fingerprint density at radius 1 is 0.889 bits per heavy atom. The zero-order valence-electron chi connectivity index (χ0n) is 15.3. The number of hydrogen-bond acceptors (Lipinski definition) is 1. The molecule has 0 saturated carbocycles. The third-order valence-electron chi connectivity index (χ3n) is 5.81. The van der Waals surface area contributed by atoms with Gasteiger partial charge in [0.2, 0.25) is 0 Å². The van der Waals surface area contributed by atoms with Crippen molar-refractivity contribution in [1.82, 2.24) is 4.90 Å². The van der Waals surface area contributed by atoms with Crippen molar-refractivity contribution in [2.24, 2.45) is 0 Å². The van der Waals surface area contributed by atoms with Gasteiger partial charge in [0.05, 0.1) is 5.56 Å². The second-order valence-electron chi connectivity index (χ2n) is 7.68. The molecule has 2 aromatic carbocycles. The Kier molecular flexibility index (Phi) is 5.09. The van der Waals surface area contributed by atoms with E-state index >= 15 is 0 Å². The molecule has 27 heavy (non-hydrogen) atoms. The minimum absolute atomic E-state index is 0.473. The smallest absolute Gasteiger partial charge is 0.289 e. The van der Waals surface area contributed by atoms with Crippen LogP contribution in [0.3, 0.4) is 0 Å². The normalized spacial score (nSPS) is 22.7. The highest BCUT2D eigenvalue weighted by atomic mass is 19.4. The average molecular weight is 371 g/mol. The van der Waals surface area contributed by atoms with Crippen molar-refractivity contribution in [3.8, 4) is 0 Å².